The molecule has 3 rings (SSSR count). The summed E-state index contributed by atoms with van der Waals surface area (Å²) in [4.78, 5) is 13.9. The second kappa shape index (κ2) is 6.51. The van der Waals surface area contributed by atoms with Crippen molar-refractivity contribution in [3.63, 3.8) is 0 Å². The van der Waals surface area contributed by atoms with Gasteiger partial charge in [-0.25, -0.2) is 4.39 Å². The van der Waals surface area contributed by atoms with Gasteiger partial charge in [0, 0.05) is 13.1 Å². The third-order valence-electron chi connectivity index (χ3n) is 4.40. The fraction of sp³-hybridized carbons (Fsp3) is 0.316. The topological polar surface area (TPSA) is 38.8 Å². The molecular formula is C19H20FNO3. The minimum absolute atomic E-state index is 0.154. The number of rotatable bonds is 4. The monoisotopic (exact) mass is 329 g/mol. The zero-order chi connectivity index (χ0) is 17.3. The normalized spacial score (nSPS) is 13.4. The third-order valence-corrected chi connectivity index (χ3v) is 4.40. The van der Waals surface area contributed by atoms with E-state index in [1.807, 2.05) is 17.0 Å². The molecule has 0 bridgehead atoms. The number of halogens is 1. The average Bonchev–Trinajstić information content (AvgIpc) is 2.59. The summed E-state index contributed by atoms with van der Waals surface area (Å²) in [5.41, 5.74) is 3.08. The lowest BCUT2D eigenvalue weighted by Gasteiger charge is -2.32. The zero-order valence-corrected chi connectivity index (χ0v) is 14.1. The van der Waals surface area contributed by atoms with Crippen molar-refractivity contribution >= 4 is 11.5 Å². The van der Waals surface area contributed by atoms with E-state index in [1.54, 1.807) is 26.4 Å². The molecule has 4 nitrogen and oxygen atoms in total. The molecule has 1 aliphatic heterocycles. The lowest BCUT2D eigenvalue weighted by atomic mass is 9.97. The molecule has 0 saturated carbocycles. The van der Waals surface area contributed by atoms with Gasteiger partial charge in [-0.15, -0.1) is 0 Å². The van der Waals surface area contributed by atoms with Gasteiger partial charge >= 0.3 is 0 Å². The largest absolute Gasteiger partial charge is 0.493 e. The summed E-state index contributed by atoms with van der Waals surface area (Å²) in [6.07, 6.45) is 0.795. The van der Waals surface area contributed by atoms with E-state index < -0.39 is 5.82 Å². The van der Waals surface area contributed by atoms with E-state index in [9.17, 15) is 9.18 Å². The molecule has 1 heterocycles. The Morgan fingerprint density at radius 2 is 1.79 bits per heavy atom. The van der Waals surface area contributed by atoms with E-state index in [1.165, 1.54) is 18.6 Å². The maximum absolute atomic E-state index is 14.1. The van der Waals surface area contributed by atoms with Crippen molar-refractivity contribution in [3.8, 4) is 11.5 Å². The molecule has 0 fully saturated rings. The molecule has 0 spiro atoms. The first-order chi connectivity index (χ1) is 11.5. The minimum Gasteiger partial charge on any atom is -0.493 e. The van der Waals surface area contributed by atoms with Gasteiger partial charge in [-0.05, 0) is 48.7 Å². The standard InChI is InChI=1S/C19H20FNO3/c1-12(22)19-15(20)5-4-6-16(19)21-8-7-13-9-17(23-2)18(24-3)10-14(13)11-21/h4-6,9-10H,7-8,11H2,1-3H3. The molecule has 0 saturated heterocycles. The Labute approximate surface area is 140 Å². The first-order valence-corrected chi connectivity index (χ1v) is 7.83. The Kier molecular flexibility index (Phi) is 4.42. The number of anilines is 1. The second-order valence-corrected chi connectivity index (χ2v) is 5.84. The van der Waals surface area contributed by atoms with Crippen LogP contribution >= 0.6 is 0 Å². The predicted octanol–water partition coefficient (Wildman–Crippen LogP) is 3.61. The number of ether oxygens (including phenoxy) is 2. The molecule has 0 N–H and O–H groups in total. The Morgan fingerprint density at radius 1 is 1.12 bits per heavy atom. The first-order valence-electron chi connectivity index (χ1n) is 7.83. The summed E-state index contributed by atoms with van der Waals surface area (Å²) in [5.74, 6) is 0.642. The maximum Gasteiger partial charge on any atom is 0.164 e. The maximum atomic E-state index is 14.1. The lowest BCUT2D eigenvalue weighted by Crippen LogP contribution is -2.31. The first kappa shape index (κ1) is 16.3. The molecule has 1 aliphatic rings. The SMILES string of the molecule is COc1cc2c(cc1OC)CN(c1cccc(F)c1C(C)=O)CC2. The van der Waals surface area contributed by atoms with Crippen LogP contribution in [0.1, 0.15) is 28.4 Å². The van der Waals surface area contributed by atoms with E-state index in [0.29, 0.717) is 30.3 Å². The second-order valence-electron chi connectivity index (χ2n) is 5.84. The van der Waals surface area contributed by atoms with Gasteiger partial charge in [0.2, 0.25) is 0 Å². The van der Waals surface area contributed by atoms with Crippen LogP contribution in [0.2, 0.25) is 0 Å². The highest BCUT2D eigenvalue weighted by Crippen LogP contribution is 2.35. The van der Waals surface area contributed by atoms with Crippen LogP contribution in [-0.2, 0) is 13.0 Å². The highest BCUT2D eigenvalue weighted by Gasteiger charge is 2.23. The van der Waals surface area contributed by atoms with Crippen molar-refractivity contribution in [2.45, 2.75) is 19.9 Å². The Bertz CT molecular complexity index is 788. The number of nitrogens with zero attached hydrogens (tertiary/aromatic N) is 1. The molecule has 5 heteroatoms. The van der Waals surface area contributed by atoms with Gasteiger partial charge in [-0.2, -0.15) is 0 Å². The van der Waals surface area contributed by atoms with Crippen molar-refractivity contribution in [1.29, 1.82) is 0 Å². The Morgan fingerprint density at radius 3 is 2.42 bits per heavy atom. The number of hydrogen-bond acceptors (Lipinski definition) is 4. The van der Waals surface area contributed by atoms with E-state index in [0.717, 1.165) is 12.0 Å². The lowest BCUT2D eigenvalue weighted by molar-refractivity contribution is 0.101. The zero-order valence-electron chi connectivity index (χ0n) is 14.1. The minimum atomic E-state index is -0.474. The van der Waals surface area contributed by atoms with E-state index in [2.05, 4.69) is 0 Å². The van der Waals surface area contributed by atoms with Crippen LogP contribution in [0.3, 0.4) is 0 Å². The van der Waals surface area contributed by atoms with Crippen LogP contribution in [0.4, 0.5) is 10.1 Å². The summed E-state index contributed by atoms with van der Waals surface area (Å²) in [6.45, 7) is 2.71. The average molecular weight is 329 g/mol. The van der Waals surface area contributed by atoms with Crippen LogP contribution in [-0.4, -0.2) is 26.5 Å². The van der Waals surface area contributed by atoms with Gasteiger partial charge in [0.05, 0.1) is 25.5 Å². The van der Waals surface area contributed by atoms with Crippen LogP contribution in [0.15, 0.2) is 30.3 Å². The highest BCUT2D eigenvalue weighted by atomic mass is 19.1. The van der Waals surface area contributed by atoms with E-state index >= 15 is 0 Å². The number of benzene rings is 2. The number of hydrogen-bond donors (Lipinski definition) is 0. The third kappa shape index (κ3) is 2.82. The van der Waals surface area contributed by atoms with Crippen molar-refractivity contribution < 1.29 is 18.7 Å². The fourth-order valence-electron chi connectivity index (χ4n) is 3.21. The number of ketones is 1. The molecule has 0 aromatic heterocycles. The summed E-state index contributed by atoms with van der Waals surface area (Å²) >= 11 is 0. The van der Waals surface area contributed by atoms with Gasteiger partial charge in [0.15, 0.2) is 17.3 Å². The van der Waals surface area contributed by atoms with Gasteiger partial charge < -0.3 is 14.4 Å². The summed E-state index contributed by atoms with van der Waals surface area (Å²) in [5, 5.41) is 0. The van der Waals surface area contributed by atoms with Crippen molar-refractivity contribution in [1.82, 2.24) is 0 Å². The van der Waals surface area contributed by atoms with Gasteiger partial charge in [-0.3, -0.25) is 4.79 Å². The molecule has 2 aromatic rings. The molecule has 0 unspecified atom stereocenters. The predicted molar refractivity (Wildman–Crippen MR) is 90.7 cm³/mol. The van der Waals surface area contributed by atoms with E-state index in [4.69, 9.17) is 9.47 Å². The molecule has 24 heavy (non-hydrogen) atoms. The van der Waals surface area contributed by atoms with Crippen molar-refractivity contribution in [3.05, 3.63) is 52.8 Å². The van der Waals surface area contributed by atoms with Crippen LogP contribution in [0.5, 0.6) is 11.5 Å². The molecule has 2 aromatic carbocycles. The Balaban J connectivity index is 1.99. The van der Waals surface area contributed by atoms with Crippen molar-refractivity contribution in [2.75, 3.05) is 25.7 Å². The number of carbonyl (C=O) groups excluding carboxylic acids is 1. The van der Waals surface area contributed by atoms with Crippen LogP contribution in [0, 0.1) is 5.82 Å². The van der Waals surface area contributed by atoms with Crippen LogP contribution < -0.4 is 14.4 Å². The molecule has 0 radical (unpaired) electrons. The van der Waals surface area contributed by atoms with Gasteiger partial charge in [0.25, 0.3) is 0 Å². The number of Topliss-reactive ketones (excluding diaryl/α,β-unsaturated/α-hetero) is 1. The van der Waals surface area contributed by atoms with Crippen LogP contribution in [0.25, 0.3) is 0 Å². The number of carbonyl (C=O) groups is 1. The summed E-state index contributed by atoms with van der Waals surface area (Å²) in [7, 11) is 3.22. The molecular weight excluding hydrogens is 309 g/mol. The van der Waals surface area contributed by atoms with E-state index in [-0.39, 0.29) is 11.3 Å². The fourth-order valence-corrected chi connectivity index (χ4v) is 3.21. The molecule has 0 atom stereocenters. The smallest absolute Gasteiger partial charge is 0.164 e. The number of methoxy groups -OCH3 is 2. The highest BCUT2D eigenvalue weighted by molar-refractivity contribution is 6.00. The van der Waals surface area contributed by atoms with Gasteiger partial charge in [0.1, 0.15) is 5.82 Å². The summed E-state index contributed by atoms with van der Waals surface area (Å²) < 4.78 is 24.8. The summed E-state index contributed by atoms with van der Waals surface area (Å²) in [6, 6.07) is 8.70. The van der Waals surface area contributed by atoms with Crippen molar-refractivity contribution in [2.24, 2.45) is 0 Å². The Hall–Kier alpha value is -2.56. The molecule has 0 aliphatic carbocycles. The molecule has 126 valence electrons. The molecule has 0 amide bonds. The number of fused-ring (bicyclic) bond motifs is 1. The quantitative estimate of drug-likeness (QED) is 0.803. The van der Waals surface area contributed by atoms with Gasteiger partial charge in [-0.1, -0.05) is 6.07 Å².